The van der Waals surface area contributed by atoms with Crippen LogP contribution in [0.4, 0.5) is 11.5 Å². The van der Waals surface area contributed by atoms with Crippen molar-refractivity contribution in [3.8, 4) is 18.0 Å². The molecule has 2 heterocycles. The van der Waals surface area contributed by atoms with E-state index in [0.29, 0.717) is 28.3 Å². The van der Waals surface area contributed by atoms with Gasteiger partial charge in [0.1, 0.15) is 11.6 Å². The van der Waals surface area contributed by atoms with E-state index in [1.54, 1.807) is 17.6 Å². The number of fused-ring (bicyclic) bond motifs is 1. The number of para-hydroxylation sites is 1. The molecule has 0 bridgehead atoms. The second-order valence-corrected chi connectivity index (χ2v) is 7.09. The lowest BCUT2D eigenvalue weighted by Crippen LogP contribution is -2.26. The number of nitrogens with one attached hydrogen (secondary N) is 1. The third-order valence-electron chi connectivity index (χ3n) is 5.05. The van der Waals surface area contributed by atoms with Crippen LogP contribution in [0.25, 0.3) is 21.3 Å². The van der Waals surface area contributed by atoms with E-state index in [2.05, 4.69) is 26.1 Å². The molecule has 0 radical (unpaired) electrons. The molecule has 0 aliphatic heterocycles. The lowest BCUT2D eigenvalue weighted by molar-refractivity contribution is 0.772. The minimum Gasteiger partial charge on any atom is -0.371 e. The second-order valence-electron chi connectivity index (χ2n) is 7.09. The highest BCUT2D eigenvalue weighted by atomic mass is 16.1. The van der Waals surface area contributed by atoms with E-state index >= 15 is 0 Å². The first kappa shape index (κ1) is 19.9. The first-order chi connectivity index (χ1) is 15.0. The van der Waals surface area contributed by atoms with Crippen LogP contribution in [0.1, 0.15) is 30.0 Å². The number of pyridine rings is 1. The largest absolute Gasteiger partial charge is 0.371 e. The molecule has 4 aromatic rings. The summed E-state index contributed by atoms with van der Waals surface area (Å²) in [5, 5.41) is 4.55. The molecular formula is C25H19N5O. The first-order valence-corrected chi connectivity index (χ1v) is 9.72. The van der Waals surface area contributed by atoms with Crippen molar-refractivity contribution in [2.45, 2.75) is 19.9 Å². The number of aryl methyl sites for hydroxylation is 1. The Hall–Kier alpha value is -4.42. The maximum absolute atomic E-state index is 13.6. The molecule has 0 saturated carbocycles. The van der Waals surface area contributed by atoms with Crippen LogP contribution in [0.2, 0.25) is 0 Å². The van der Waals surface area contributed by atoms with Gasteiger partial charge in [-0.3, -0.25) is 14.3 Å². The molecule has 0 amide bonds. The van der Waals surface area contributed by atoms with Gasteiger partial charge in [0, 0.05) is 23.1 Å². The lowest BCUT2D eigenvalue weighted by atomic mass is 10.0. The second kappa shape index (κ2) is 8.14. The molecule has 0 spiro atoms. The monoisotopic (exact) mass is 405 g/mol. The van der Waals surface area contributed by atoms with Crippen molar-refractivity contribution in [3.05, 3.63) is 99.6 Å². The van der Waals surface area contributed by atoms with E-state index in [1.165, 1.54) is 6.20 Å². The fraction of sp³-hybridized carbons (Fsp3) is 0.120. The van der Waals surface area contributed by atoms with Gasteiger partial charge < -0.3 is 5.32 Å². The fourth-order valence-electron chi connectivity index (χ4n) is 3.60. The van der Waals surface area contributed by atoms with Crippen LogP contribution >= 0.6 is 0 Å². The summed E-state index contributed by atoms with van der Waals surface area (Å²) in [5.41, 5.74) is 2.15. The number of hydrogen-bond acceptors (Lipinski definition) is 4. The third kappa shape index (κ3) is 3.63. The average Bonchev–Trinajstić information content (AvgIpc) is 2.79. The molecule has 6 nitrogen and oxygen atoms in total. The Morgan fingerprint density at radius 1 is 1.19 bits per heavy atom. The van der Waals surface area contributed by atoms with Crippen molar-refractivity contribution >= 4 is 22.3 Å². The Morgan fingerprint density at radius 2 is 1.97 bits per heavy atom. The summed E-state index contributed by atoms with van der Waals surface area (Å²) in [6, 6.07) is 16.5. The zero-order valence-electron chi connectivity index (χ0n) is 17.1. The normalized spacial score (nSPS) is 11.5. The smallest absolute Gasteiger partial charge is 0.264 e. The molecule has 0 aliphatic carbocycles. The predicted octanol–water partition coefficient (Wildman–Crippen LogP) is 4.79. The van der Waals surface area contributed by atoms with E-state index in [-0.39, 0.29) is 11.6 Å². The van der Waals surface area contributed by atoms with Crippen LogP contribution in [0.15, 0.2) is 65.6 Å². The molecule has 6 heteroatoms. The van der Waals surface area contributed by atoms with Crippen molar-refractivity contribution < 1.29 is 0 Å². The van der Waals surface area contributed by atoms with Crippen LogP contribution in [0.5, 0.6) is 0 Å². The first-order valence-electron chi connectivity index (χ1n) is 9.72. The summed E-state index contributed by atoms with van der Waals surface area (Å²) >= 11 is 0. The molecule has 1 N–H and O–H groups in total. The van der Waals surface area contributed by atoms with Gasteiger partial charge in [-0.25, -0.2) is 9.83 Å². The van der Waals surface area contributed by atoms with Crippen molar-refractivity contribution in [2.75, 3.05) is 5.32 Å². The third-order valence-corrected chi connectivity index (χ3v) is 5.05. The molecule has 2 aromatic carbocycles. The van der Waals surface area contributed by atoms with Crippen molar-refractivity contribution in [1.29, 1.82) is 0 Å². The van der Waals surface area contributed by atoms with E-state index in [0.717, 1.165) is 16.8 Å². The Balaban J connectivity index is 1.96. The average molecular weight is 405 g/mol. The van der Waals surface area contributed by atoms with Crippen LogP contribution in [-0.4, -0.2) is 14.5 Å². The van der Waals surface area contributed by atoms with E-state index < -0.39 is 0 Å². The van der Waals surface area contributed by atoms with Crippen molar-refractivity contribution in [2.24, 2.45) is 0 Å². The molecule has 0 fully saturated rings. The zero-order chi connectivity index (χ0) is 22.0. The number of hydrogen-bond donors (Lipinski definition) is 1. The van der Waals surface area contributed by atoms with E-state index in [4.69, 9.17) is 13.0 Å². The van der Waals surface area contributed by atoms with Crippen molar-refractivity contribution in [3.63, 3.8) is 0 Å². The zero-order valence-corrected chi connectivity index (χ0v) is 17.1. The molecular weight excluding hydrogens is 386 g/mol. The summed E-state index contributed by atoms with van der Waals surface area (Å²) in [7, 11) is 0. The summed E-state index contributed by atoms with van der Waals surface area (Å²) in [6.45, 7) is 11.1. The maximum atomic E-state index is 13.6. The van der Waals surface area contributed by atoms with Gasteiger partial charge in [-0.1, -0.05) is 36.3 Å². The van der Waals surface area contributed by atoms with Crippen LogP contribution in [0.3, 0.4) is 0 Å². The van der Waals surface area contributed by atoms with Gasteiger partial charge in [0.05, 0.1) is 18.0 Å². The number of terminal acetylenes is 1. The molecule has 1 atom stereocenters. The van der Waals surface area contributed by atoms with Gasteiger partial charge in [0.2, 0.25) is 5.69 Å². The highest BCUT2D eigenvalue weighted by Gasteiger charge is 2.19. The highest BCUT2D eigenvalue weighted by Crippen LogP contribution is 2.28. The van der Waals surface area contributed by atoms with Gasteiger partial charge in [0.15, 0.2) is 0 Å². The minimum atomic E-state index is -0.332. The molecule has 2 aromatic heterocycles. The summed E-state index contributed by atoms with van der Waals surface area (Å²) in [5.74, 6) is 3.61. The SMILES string of the molecule is [C-]#[N+]c1cnc(C)nc1N[C@@H](C)c1cc2cccc(C#C)c2c(=O)n1-c1ccccc1. The number of aromatic nitrogens is 3. The minimum absolute atomic E-state index is 0.190. The van der Waals surface area contributed by atoms with Gasteiger partial charge in [-0.2, -0.15) is 0 Å². The fourth-order valence-corrected chi connectivity index (χ4v) is 3.60. The topological polar surface area (TPSA) is 64.2 Å². The lowest BCUT2D eigenvalue weighted by Gasteiger charge is -2.22. The number of anilines is 1. The molecule has 4 rings (SSSR count). The van der Waals surface area contributed by atoms with Gasteiger partial charge in [0.25, 0.3) is 5.56 Å². The molecule has 31 heavy (non-hydrogen) atoms. The Labute approximate surface area is 180 Å². The molecule has 0 unspecified atom stereocenters. The standard InChI is InChI=1S/C25H19N5O/c1-5-18-10-9-11-19-14-22(16(2)28-24-21(26-4)15-27-17(3)29-24)30(25(31)23(18)19)20-12-7-6-8-13-20/h1,6-16H,2-3H3,(H,27,28,29)/t16-/m0/s1. The number of benzene rings is 2. The molecule has 0 saturated heterocycles. The van der Waals surface area contributed by atoms with Crippen LogP contribution in [-0.2, 0) is 0 Å². The van der Waals surface area contributed by atoms with E-state index in [1.807, 2.05) is 55.5 Å². The highest BCUT2D eigenvalue weighted by molar-refractivity contribution is 5.88. The summed E-state index contributed by atoms with van der Waals surface area (Å²) < 4.78 is 1.66. The molecule has 150 valence electrons. The summed E-state index contributed by atoms with van der Waals surface area (Å²) in [4.78, 5) is 25.6. The Bertz CT molecular complexity index is 1420. The van der Waals surface area contributed by atoms with Gasteiger partial charge in [-0.05, 0) is 43.5 Å². The predicted molar refractivity (Wildman–Crippen MR) is 123 cm³/mol. The number of rotatable bonds is 4. The van der Waals surface area contributed by atoms with Crippen molar-refractivity contribution in [1.82, 2.24) is 14.5 Å². The van der Waals surface area contributed by atoms with E-state index in [9.17, 15) is 4.79 Å². The summed E-state index contributed by atoms with van der Waals surface area (Å²) in [6.07, 6.45) is 7.16. The maximum Gasteiger partial charge on any atom is 0.264 e. The quantitative estimate of drug-likeness (QED) is 0.391. The molecule has 0 aliphatic rings. The number of nitrogens with zero attached hydrogens (tertiary/aromatic N) is 4. The Kier molecular flexibility index (Phi) is 5.22. The van der Waals surface area contributed by atoms with Gasteiger partial charge in [-0.15, -0.1) is 6.42 Å². The van der Waals surface area contributed by atoms with Crippen LogP contribution in [0, 0.1) is 25.8 Å². The van der Waals surface area contributed by atoms with Crippen LogP contribution < -0.4 is 10.9 Å². The van der Waals surface area contributed by atoms with Gasteiger partial charge >= 0.3 is 0 Å². The Morgan fingerprint density at radius 3 is 2.68 bits per heavy atom.